The van der Waals surface area contributed by atoms with Gasteiger partial charge in [0.2, 0.25) is 0 Å². The van der Waals surface area contributed by atoms with Crippen molar-refractivity contribution in [3.8, 4) is 0 Å². The van der Waals surface area contributed by atoms with Gasteiger partial charge in [0.1, 0.15) is 12.2 Å². The highest BCUT2D eigenvalue weighted by Crippen LogP contribution is 2.36. The van der Waals surface area contributed by atoms with Crippen LogP contribution >= 0.6 is 0 Å². The fourth-order valence-corrected chi connectivity index (χ4v) is 4.28. The second kappa shape index (κ2) is 9.58. The highest BCUT2D eigenvalue weighted by atomic mass is 16.7. The summed E-state index contributed by atoms with van der Waals surface area (Å²) in [5.74, 6) is 0. The molecule has 32 heavy (non-hydrogen) atoms. The largest absolute Gasteiger partial charge is 0.494 e. The molecule has 0 unspecified atom stereocenters. The Labute approximate surface area is 196 Å². The molecular formula is C27H42BN2O2+. The van der Waals surface area contributed by atoms with Crippen LogP contribution in [0.1, 0.15) is 59.9 Å². The van der Waals surface area contributed by atoms with Gasteiger partial charge in [0, 0.05) is 36.5 Å². The molecule has 0 spiro atoms. The maximum atomic E-state index is 6.20. The molecule has 0 radical (unpaired) electrons. The van der Waals surface area contributed by atoms with Crippen LogP contribution in [0.2, 0.25) is 0 Å². The van der Waals surface area contributed by atoms with Crippen LogP contribution in [0.25, 0.3) is 0 Å². The molecule has 1 fully saturated rings. The van der Waals surface area contributed by atoms with E-state index in [-0.39, 0.29) is 18.3 Å². The van der Waals surface area contributed by atoms with Crippen molar-refractivity contribution in [2.24, 2.45) is 0 Å². The number of anilines is 1. The summed E-state index contributed by atoms with van der Waals surface area (Å²) in [6.45, 7) is 16.0. The first kappa shape index (κ1) is 24.8. The minimum absolute atomic E-state index is 0.307. The van der Waals surface area contributed by atoms with Crippen LogP contribution in [0, 0.1) is 0 Å². The zero-order valence-electron chi connectivity index (χ0n) is 21.4. The zero-order valence-corrected chi connectivity index (χ0v) is 21.4. The molecular weight excluding hydrogens is 395 g/mol. The van der Waals surface area contributed by atoms with Gasteiger partial charge in [0.15, 0.2) is 0 Å². The van der Waals surface area contributed by atoms with Crippen LogP contribution in [-0.2, 0) is 15.9 Å². The third-order valence-corrected chi connectivity index (χ3v) is 6.98. The molecule has 1 aliphatic rings. The van der Waals surface area contributed by atoms with Crippen molar-refractivity contribution < 1.29 is 9.31 Å². The summed E-state index contributed by atoms with van der Waals surface area (Å²) in [6.07, 6.45) is 2.34. The van der Waals surface area contributed by atoms with Gasteiger partial charge in [-0.1, -0.05) is 38.1 Å². The van der Waals surface area contributed by atoms with Crippen molar-refractivity contribution in [2.75, 3.05) is 32.1 Å². The average Bonchev–Trinajstić information content (AvgIpc) is 2.95. The van der Waals surface area contributed by atoms with Crippen LogP contribution in [-0.4, -0.2) is 45.5 Å². The summed E-state index contributed by atoms with van der Waals surface area (Å²) < 4.78 is 13.2. The van der Waals surface area contributed by atoms with Gasteiger partial charge in [-0.2, -0.15) is 0 Å². The van der Waals surface area contributed by atoms with E-state index in [4.69, 9.17) is 9.31 Å². The highest BCUT2D eigenvalue weighted by molar-refractivity contribution is 6.62. The topological polar surface area (TPSA) is 21.7 Å². The Hall–Kier alpha value is -1.82. The predicted molar refractivity (Wildman–Crippen MR) is 139 cm³/mol. The molecule has 174 valence electrons. The normalized spacial score (nSPS) is 17.6. The van der Waals surface area contributed by atoms with E-state index in [0.717, 1.165) is 29.6 Å². The van der Waals surface area contributed by atoms with Crippen molar-refractivity contribution in [3.63, 3.8) is 0 Å². The predicted octanol–water partition coefficient (Wildman–Crippen LogP) is 5.38. The molecule has 5 heteroatoms. The third kappa shape index (κ3) is 5.39. The van der Waals surface area contributed by atoms with Crippen LogP contribution in [0.3, 0.4) is 0 Å². The maximum Gasteiger partial charge on any atom is 0.494 e. The first-order chi connectivity index (χ1) is 15.0. The van der Waals surface area contributed by atoms with Crippen molar-refractivity contribution in [2.45, 2.75) is 72.1 Å². The third-order valence-electron chi connectivity index (χ3n) is 6.98. The number of nitrogens with zero attached hydrogens (tertiary/aromatic N) is 2. The molecule has 0 saturated carbocycles. The number of quaternary nitrogens is 1. The van der Waals surface area contributed by atoms with E-state index in [1.807, 2.05) is 0 Å². The Morgan fingerprint density at radius 2 is 1.28 bits per heavy atom. The quantitative estimate of drug-likeness (QED) is 0.388. The first-order valence-electron chi connectivity index (χ1n) is 12.1. The molecule has 0 N–H and O–H groups in total. The van der Waals surface area contributed by atoms with Crippen LogP contribution in [0.4, 0.5) is 11.4 Å². The van der Waals surface area contributed by atoms with Crippen molar-refractivity contribution in [1.82, 2.24) is 4.48 Å². The van der Waals surface area contributed by atoms with Gasteiger partial charge in [0.25, 0.3) is 0 Å². The molecule has 1 aliphatic heterocycles. The molecule has 4 nitrogen and oxygen atoms in total. The van der Waals surface area contributed by atoms with Gasteiger partial charge in [-0.05, 0) is 58.1 Å². The standard InChI is InChI=1S/C27H42BN2O2/c1-9-19-29(20-10-2)24-15-17-25(18-16-24)30(7,8)21-22-11-13-23(14-12-22)28-31-26(3,4)27(5,6)32-28/h11-18H,9-10,19-21H2,1-8H3/q+1. The fraction of sp³-hybridized carbons (Fsp3) is 0.556. The molecule has 2 aromatic rings. The first-order valence-corrected chi connectivity index (χ1v) is 12.1. The van der Waals surface area contributed by atoms with Crippen LogP contribution in [0.15, 0.2) is 48.5 Å². The minimum atomic E-state index is -0.314. The lowest BCUT2D eigenvalue weighted by molar-refractivity contribution is 0.00578. The zero-order chi connectivity index (χ0) is 23.6. The Morgan fingerprint density at radius 3 is 1.75 bits per heavy atom. The lowest BCUT2D eigenvalue weighted by atomic mass is 9.79. The molecule has 2 aromatic carbocycles. The summed E-state index contributed by atoms with van der Waals surface area (Å²) >= 11 is 0. The fourth-order valence-electron chi connectivity index (χ4n) is 4.28. The molecule has 0 aliphatic carbocycles. The van der Waals surface area contributed by atoms with E-state index in [2.05, 4.69) is 109 Å². The lowest BCUT2D eigenvalue weighted by Gasteiger charge is -2.32. The van der Waals surface area contributed by atoms with E-state index in [1.54, 1.807) is 0 Å². The molecule has 0 atom stereocenters. The van der Waals surface area contributed by atoms with Crippen molar-refractivity contribution in [1.29, 1.82) is 0 Å². The molecule has 1 saturated heterocycles. The van der Waals surface area contributed by atoms with Gasteiger partial charge in [0.05, 0.1) is 25.3 Å². The minimum Gasteiger partial charge on any atom is -0.399 e. The van der Waals surface area contributed by atoms with Crippen LogP contribution < -0.4 is 14.8 Å². The molecule has 0 amide bonds. The average molecular weight is 437 g/mol. The summed E-state index contributed by atoms with van der Waals surface area (Å²) in [7, 11) is 4.23. The van der Waals surface area contributed by atoms with Crippen LogP contribution in [0.5, 0.6) is 0 Å². The van der Waals surface area contributed by atoms with E-state index in [9.17, 15) is 0 Å². The van der Waals surface area contributed by atoms with E-state index in [0.29, 0.717) is 0 Å². The van der Waals surface area contributed by atoms with Gasteiger partial charge in [-0.25, -0.2) is 0 Å². The Balaban J connectivity index is 1.69. The SMILES string of the molecule is CCCN(CCC)c1ccc([N+](C)(C)Cc2ccc(B3OC(C)(C)C(C)(C)O3)cc2)cc1. The van der Waals surface area contributed by atoms with Gasteiger partial charge >= 0.3 is 7.12 Å². The second-order valence-electron chi connectivity index (χ2n) is 10.7. The van der Waals surface area contributed by atoms with Crippen molar-refractivity contribution >= 4 is 24.0 Å². The number of hydrogen-bond acceptors (Lipinski definition) is 3. The smallest absolute Gasteiger partial charge is 0.399 e. The molecule has 0 aromatic heterocycles. The maximum absolute atomic E-state index is 6.20. The van der Waals surface area contributed by atoms with E-state index < -0.39 is 0 Å². The van der Waals surface area contributed by atoms with E-state index >= 15 is 0 Å². The summed E-state index contributed by atoms with van der Waals surface area (Å²) in [6, 6.07) is 17.8. The molecule has 1 heterocycles. The Morgan fingerprint density at radius 1 is 0.781 bits per heavy atom. The summed E-state index contributed by atoms with van der Waals surface area (Å²) in [5, 5.41) is 0. The van der Waals surface area contributed by atoms with Gasteiger partial charge < -0.3 is 14.2 Å². The second-order valence-corrected chi connectivity index (χ2v) is 10.7. The summed E-state index contributed by atoms with van der Waals surface area (Å²) in [4.78, 5) is 2.48. The summed E-state index contributed by atoms with van der Waals surface area (Å²) in [5.41, 5.74) is 4.39. The van der Waals surface area contributed by atoms with E-state index in [1.165, 1.54) is 29.8 Å². The number of rotatable bonds is 9. The Bertz CT molecular complexity index is 854. The lowest BCUT2D eigenvalue weighted by Crippen LogP contribution is -2.41. The molecule has 3 rings (SSSR count). The molecule has 0 bridgehead atoms. The number of hydrogen-bond donors (Lipinski definition) is 0. The highest BCUT2D eigenvalue weighted by Gasteiger charge is 2.51. The van der Waals surface area contributed by atoms with Gasteiger partial charge in [-0.15, -0.1) is 0 Å². The van der Waals surface area contributed by atoms with Gasteiger partial charge in [-0.3, -0.25) is 4.48 Å². The monoisotopic (exact) mass is 437 g/mol. The number of benzene rings is 2. The van der Waals surface area contributed by atoms with Crippen molar-refractivity contribution in [3.05, 3.63) is 54.1 Å². The Kier molecular flexibility index (Phi) is 7.43.